The standard InChI is InChI=1S/C24H23N9O2/c1-13-10-18(29-31(13)2)22-27-28-23(35-22)24(34)32-9-7-16-20(26-12-25-16)21(32)17-11-19-15(14-5-6-14)4-3-8-33(19)30-17/h3-4,8,10-12,14,21H,5-7,9H2,1-2H3,(H,25,26)/t21-/m1/s1. The monoisotopic (exact) mass is 469 g/mol. The second kappa shape index (κ2) is 7.36. The quantitative estimate of drug-likeness (QED) is 0.429. The lowest BCUT2D eigenvalue weighted by molar-refractivity contribution is 0.0646. The van der Waals surface area contributed by atoms with E-state index in [2.05, 4.69) is 37.4 Å². The van der Waals surface area contributed by atoms with Crippen LogP contribution in [0.1, 0.15) is 63.8 Å². The third kappa shape index (κ3) is 3.18. The highest BCUT2D eigenvalue weighted by molar-refractivity contribution is 5.90. The van der Waals surface area contributed by atoms with E-state index < -0.39 is 6.04 Å². The minimum atomic E-state index is -0.461. The maximum Gasteiger partial charge on any atom is 0.312 e. The SMILES string of the molecule is Cc1cc(-c2nnc(C(=O)N3CCc4[nH]cnc4[C@H]3c3cc4c(C5CC5)cccn4n3)o2)nn1C. The van der Waals surface area contributed by atoms with E-state index in [0.717, 1.165) is 28.3 Å². The molecule has 0 saturated heterocycles. The van der Waals surface area contributed by atoms with Crippen molar-refractivity contribution in [3.8, 4) is 11.6 Å². The van der Waals surface area contributed by atoms with Gasteiger partial charge in [0.05, 0.1) is 23.2 Å². The Labute approximate surface area is 199 Å². The predicted molar refractivity (Wildman–Crippen MR) is 124 cm³/mol. The summed E-state index contributed by atoms with van der Waals surface area (Å²) in [5.41, 5.74) is 6.43. The van der Waals surface area contributed by atoms with Crippen molar-refractivity contribution in [2.24, 2.45) is 7.05 Å². The summed E-state index contributed by atoms with van der Waals surface area (Å²) in [6, 6.07) is 7.66. The molecule has 1 aliphatic carbocycles. The summed E-state index contributed by atoms with van der Waals surface area (Å²) in [6.45, 7) is 2.41. The van der Waals surface area contributed by atoms with Gasteiger partial charge in [-0.15, -0.1) is 10.2 Å². The Bertz CT molecular complexity index is 1570. The van der Waals surface area contributed by atoms with E-state index in [9.17, 15) is 4.79 Å². The number of pyridine rings is 1. The number of aromatic nitrogens is 8. The summed E-state index contributed by atoms with van der Waals surface area (Å²) in [7, 11) is 1.84. The molecule has 176 valence electrons. The normalized spacial score (nSPS) is 17.8. The Kier molecular flexibility index (Phi) is 4.23. The van der Waals surface area contributed by atoms with Gasteiger partial charge in [0.1, 0.15) is 11.7 Å². The fourth-order valence-corrected chi connectivity index (χ4v) is 4.93. The smallest absolute Gasteiger partial charge is 0.312 e. The number of nitrogens with one attached hydrogen (secondary N) is 1. The lowest BCUT2D eigenvalue weighted by Gasteiger charge is -2.32. The van der Waals surface area contributed by atoms with E-state index >= 15 is 0 Å². The summed E-state index contributed by atoms with van der Waals surface area (Å²) in [4.78, 5) is 23.2. The Morgan fingerprint density at radius 1 is 1.20 bits per heavy atom. The van der Waals surface area contributed by atoms with E-state index in [1.807, 2.05) is 36.8 Å². The number of rotatable bonds is 4. The van der Waals surface area contributed by atoms with Gasteiger partial charge in [0.15, 0.2) is 0 Å². The first-order valence-corrected chi connectivity index (χ1v) is 11.7. The van der Waals surface area contributed by atoms with E-state index in [1.165, 1.54) is 18.4 Å². The maximum absolute atomic E-state index is 13.7. The second-order valence-electron chi connectivity index (χ2n) is 9.26. The van der Waals surface area contributed by atoms with Gasteiger partial charge in [0.25, 0.3) is 5.89 Å². The van der Waals surface area contributed by atoms with Crippen molar-refractivity contribution in [1.29, 1.82) is 0 Å². The molecule has 2 aliphatic rings. The number of carbonyl (C=O) groups is 1. The Hall–Kier alpha value is -4.28. The molecule has 1 atom stereocenters. The summed E-state index contributed by atoms with van der Waals surface area (Å²) in [5, 5.41) is 17.4. The van der Waals surface area contributed by atoms with E-state index in [-0.39, 0.29) is 17.7 Å². The van der Waals surface area contributed by atoms with Gasteiger partial charge in [0.2, 0.25) is 0 Å². The number of H-pyrrole nitrogens is 1. The van der Waals surface area contributed by atoms with Crippen LogP contribution < -0.4 is 0 Å². The van der Waals surface area contributed by atoms with Crippen LogP contribution in [0.4, 0.5) is 0 Å². The van der Waals surface area contributed by atoms with Crippen molar-refractivity contribution in [3.63, 3.8) is 0 Å². The highest BCUT2D eigenvalue weighted by Crippen LogP contribution is 2.43. The number of hydrogen-bond donors (Lipinski definition) is 1. The minimum absolute atomic E-state index is 0.0743. The topological polar surface area (TPSA) is 123 Å². The molecule has 7 rings (SSSR count). The number of imidazole rings is 1. The third-order valence-corrected chi connectivity index (χ3v) is 6.98. The highest BCUT2D eigenvalue weighted by atomic mass is 16.4. The van der Waals surface area contributed by atoms with Crippen LogP contribution in [0, 0.1) is 6.92 Å². The van der Waals surface area contributed by atoms with Crippen LogP contribution in [0.3, 0.4) is 0 Å². The zero-order valence-corrected chi connectivity index (χ0v) is 19.3. The largest absolute Gasteiger partial charge is 0.411 e. The Morgan fingerprint density at radius 3 is 2.89 bits per heavy atom. The van der Waals surface area contributed by atoms with Crippen LogP contribution in [-0.4, -0.2) is 56.9 Å². The Balaban J connectivity index is 1.28. The molecule has 0 radical (unpaired) electrons. The van der Waals surface area contributed by atoms with Crippen LogP contribution in [0.25, 0.3) is 17.1 Å². The average Bonchev–Trinajstić information content (AvgIpc) is 3.24. The number of amides is 1. The van der Waals surface area contributed by atoms with E-state index in [0.29, 0.717) is 24.6 Å². The molecule has 35 heavy (non-hydrogen) atoms. The van der Waals surface area contributed by atoms with Gasteiger partial charge in [-0.2, -0.15) is 10.2 Å². The van der Waals surface area contributed by atoms with Crippen LogP contribution in [0.2, 0.25) is 0 Å². The number of fused-ring (bicyclic) bond motifs is 2. The third-order valence-electron chi connectivity index (χ3n) is 6.98. The van der Waals surface area contributed by atoms with Crippen LogP contribution in [-0.2, 0) is 13.5 Å². The molecule has 0 aromatic carbocycles. The van der Waals surface area contributed by atoms with Gasteiger partial charge in [-0.25, -0.2) is 9.50 Å². The lowest BCUT2D eigenvalue weighted by Crippen LogP contribution is -2.41. The van der Waals surface area contributed by atoms with Crippen molar-refractivity contribution in [3.05, 3.63) is 71.0 Å². The van der Waals surface area contributed by atoms with Gasteiger partial charge in [-0.05, 0) is 49.4 Å². The first-order valence-electron chi connectivity index (χ1n) is 11.7. The second-order valence-corrected chi connectivity index (χ2v) is 9.26. The summed E-state index contributed by atoms with van der Waals surface area (Å²) in [6.07, 6.45) is 6.67. The zero-order chi connectivity index (χ0) is 23.7. The van der Waals surface area contributed by atoms with Crippen LogP contribution in [0.15, 0.2) is 41.2 Å². The maximum atomic E-state index is 13.7. The first-order chi connectivity index (χ1) is 17.1. The molecule has 1 N–H and O–H groups in total. The lowest BCUT2D eigenvalue weighted by atomic mass is 9.99. The summed E-state index contributed by atoms with van der Waals surface area (Å²) < 4.78 is 9.41. The molecule has 5 aromatic heterocycles. The Morgan fingerprint density at radius 2 is 2.09 bits per heavy atom. The number of hydrogen-bond acceptors (Lipinski definition) is 7. The molecule has 11 nitrogen and oxygen atoms in total. The molecule has 1 saturated carbocycles. The fourth-order valence-electron chi connectivity index (χ4n) is 4.93. The molecule has 1 aliphatic heterocycles. The van der Waals surface area contributed by atoms with Gasteiger partial charge in [0, 0.05) is 37.6 Å². The van der Waals surface area contributed by atoms with Gasteiger partial charge in [-0.1, -0.05) is 6.07 Å². The number of nitrogens with zero attached hydrogens (tertiary/aromatic N) is 8. The van der Waals surface area contributed by atoms with Gasteiger partial charge >= 0.3 is 11.8 Å². The van der Waals surface area contributed by atoms with Crippen LogP contribution in [0.5, 0.6) is 0 Å². The van der Waals surface area contributed by atoms with Crippen molar-refractivity contribution in [2.75, 3.05) is 6.54 Å². The first kappa shape index (κ1) is 20.1. The molecule has 1 amide bonds. The van der Waals surface area contributed by atoms with Gasteiger partial charge < -0.3 is 14.3 Å². The van der Waals surface area contributed by atoms with Gasteiger partial charge in [-0.3, -0.25) is 9.48 Å². The highest BCUT2D eigenvalue weighted by Gasteiger charge is 2.38. The van der Waals surface area contributed by atoms with E-state index in [4.69, 9.17) is 9.52 Å². The summed E-state index contributed by atoms with van der Waals surface area (Å²) in [5.74, 6) is 0.373. The average molecular weight is 470 g/mol. The van der Waals surface area contributed by atoms with E-state index in [1.54, 1.807) is 15.9 Å². The fraction of sp³-hybridized carbons (Fsp3) is 0.333. The molecular weight excluding hydrogens is 446 g/mol. The molecule has 6 heterocycles. The van der Waals surface area contributed by atoms with Crippen molar-refractivity contribution < 1.29 is 9.21 Å². The molecule has 5 aromatic rings. The van der Waals surface area contributed by atoms with Crippen LogP contribution >= 0.6 is 0 Å². The number of aromatic amines is 1. The van der Waals surface area contributed by atoms with Crippen molar-refractivity contribution in [1.82, 2.24) is 44.5 Å². The molecule has 0 spiro atoms. The predicted octanol–water partition coefficient (Wildman–Crippen LogP) is 2.81. The molecule has 1 fully saturated rings. The minimum Gasteiger partial charge on any atom is -0.411 e. The number of aryl methyl sites for hydroxylation is 2. The van der Waals surface area contributed by atoms with Crippen molar-refractivity contribution in [2.45, 2.75) is 38.1 Å². The van der Waals surface area contributed by atoms with Crippen molar-refractivity contribution >= 4 is 11.4 Å². The molecular formula is C24H23N9O2. The molecule has 11 heteroatoms. The molecule has 0 bridgehead atoms. The number of carbonyl (C=O) groups excluding carboxylic acids is 1. The molecule has 0 unspecified atom stereocenters. The zero-order valence-electron chi connectivity index (χ0n) is 19.3. The summed E-state index contributed by atoms with van der Waals surface area (Å²) >= 11 is 0.